The zero-order valence-corrected chi connectivity index (χ0v) is 6.97. The van der Waals surface area contributed by atoms with E-state index in [9.17, 15) is 0 Å². The number of nitrogens with two attached hydrogens (primary N) is 1. The number of rotatable bonds is 2. The van der Waals surface area contributed by atoms with Crippen LogP contribution in [0.4, 0.5) is 0 Å². The van der Waals surface area contributed by atoms with Gasteiger partial charge in [-0.2, -0.15) is 0 Å². The summed E-state index contributed by atoms with van der Waals surface area (Å²) in [4.78, 5) is 2.39. The summed E-state index contributed by atoms with van der Waals surface area (Å²) < 4.78 is 0. The normalized spacial score (nSPS) is 17.9. The van der Waals surface area contributed by atoms with E-state index >= 15 is 0 Å². The Balaban J connectivity index is 2.06. The lowest BCUT2D eigenvalue weighted by molar-refractivity contribution is 0.383. The fourth-order valence-electron chi connectivity index (χ4n) is 1.27. The molecule has 62 valence electrons. The second kappa shape index (κ2) is 5.17. The molecule has 11 heavy (non-hydrogen) atoms. The van der Waals surface area contributed by atoms with Gasteiger partial charge >= 0.3 is 0 Å². The van der Waals surface area contributed by atoms with Gasteiger partial charge in [-0.25, -0.2) is 0 Å². The van der Waals surface area contributed by atoms with Crippen LogP contribution in [0.1, 0.15) is 19.3 Å². The first-order valence-electron chi connectivity index (χ1n) is 4.31. The molecule has 1 aliphatic heterocycles. The Morgan fingerprint density at radius 3 is 2.55 bits per heavy atom. The molecule has 2 N–H and O–H groups in total. The highest BCUT2D eigenvalue weighted by Gasteiger charge is 2.08. The van der Waals surface area contributed by atoms with Crippen LogP contribution in [0, 0.1) is 11.8 Å². The Hall–Kier alpha value is -0.520. The smallest absolute Gasteiger partial charge is 0.0601 e. The van der Waals surface area contributed by atoms with Crippen molar-refractivity contribution in [3.63, 3.8) is 0 Å². The molecule has 2 heteroatoms. The van der Waals surface area contributed by atoms with Crippen molar-refractivity contribution in [3.8, 4) is 11.8 Å². The average molecular weight is 152 g/mol. The van der Waals surface area contributed by atoms with Gasteiger partial charge < -0.3 is 5.73 Å². The molecule has 0 bridgehead atoms. The molecule has 0 spiro atoms. The molecule has 0 aromatic carbocycles. The van der Waals surface area contributed by atoms with Crippen molar-refractivity contribution in [1.82, 2.24) is 4.90 Å². The number of hydrogen-bond donors (Lipinski definition) is 1. The summed E-state index contributed by atoms with van der Waals surface area (Å²) in [5, 5.41) is 0. The minimum absolute atomic E-state index is 0.688. The van der Waals surface area contributed by atoms with E-state index in [2.05, 4.69) is 16.7 Å². The van der Waals surface area contributed by atoms with Crippen molar-refractivity contribution in [3.05, 3.63) is 0 Å². The van der Waals surface area contributed by atoms with E-state index in [4.69, 9.17) is 5.73 Å². The van der Waals surface area contributed by atoms with Gasteiger partial charge in [0.25, 0.3) is 0 Å². The minimum Gasteiger partial charge on any atom is -0.330 e. The van der Waals surface area contributed by atoms with E-state index in [1.165, 1.54) is 25.9 Å². The standard InChI is InChI=1S/C9H16N2/c10-6-2-1-3-7-11-8-4-5-9-11/h2,4-10H2. The van der Waals surface area contributed by atoms with E-state index in [1.54, 1.807) is 0 Å². The van der Waals surface area contributed by atoms with Gasteiger partial charge in [0.15, 0.2) is 0 Å². The summed E-state index contributed by atoms with van der Waals surface area (Å²) >= 11 is 0. The van der Waals surface area contributed by atoms with Gasteiger partial charge in [-0.15, -0.1) is 5.92 Å². The van der Waals surface area contributed by atoms with Gasteiger partial charge in [0.05, 0.1) is 6.54 Å². The lowest BCUT2D eigenvalue weighted by Crippen LogP contribution is -2.19. The van der Waals surface area contributed by atoms with E-state index in [0.717, 1.165) is 13.0 Å². The Morgan fingerprint density at radius 2 is 1.91 bits per heavy atom. The maximum atomic E-state index is 5.31. The Labute approximate surface area is 68.8 Å². The Morgan fingerprint density at radius 1 is 1.18 bits per heavy atom. The molecule has 0 radical (unpaired) electrons. The van der Waals surface area contributed by atoms with Crippen molar-refractivity contribution in [1.29, 1.82) is 0 Å². The monoisotopic (exact) mass is 152 g/mol. The van der Waals surface area contributed by atoms with E-state index in [0.29, 0.717) is 6.54 Å². The molecule has 0 aromatic heterocycles. The fourth-order valence-corrected chi connectivity index (χ4v) is 1.27. The fraction of sp³-hybridized carbons (Fsp3) is 0.778. The first-order valence-corrected chi connectivity index (χ1v) is 4.31. The van der Waals surface area contributed by atoms with Crippen molar-refractivity contribution >= 4 is 0 Å². The van der Waals surface area contributed by atoms with Gasteiger partial charge in [0.2, 0.25) is 0 Å². The molecule has 0 saturated carbocycles. The van der Waals surface area contributed by atoms with Crippen molar-refractivity contribution in [2.75, 3.05) is 26.2 Å². The molecule has 0 unspecified atom stereocenters. The maximum Gasteiger partial charge on any atom is 0.0601 e. The Bertz CT molecular complexity index is 149. The van der Waals surface area contributed by atoms with E-state index in [1.807, 2.05) is 0 Å². The van der Waals surface area contributed by atoms with Crippen molar-refractivity contribution in [2.45, 2.75) is 19.3 Å². The van der Waals surface area contributed by atoms with Crippen molar-refractivity contribution < 1.29 is 0 Å². The van der Waals surface area contributed by atoms with Gasteiger partial charge in [0.1, 0.15) is 0 Å². The molecule has 0 atom stereocenters. The summed E-state index contributed by atoms with van der Waals surface area (Å²) in [6.45, 7) is 4.10. The summed E-state index contributed by atoms with van der Waals surface area (Å²) in [5.41, 5.74) is 5.31. The molecular weight excluding hydrogens is 136 g/mol. The van der Waals surface area contributed by atoms with Gasteiger partial charge in [-0.3, -0.25) is 4.90 Å². The zero-order valence-electron chi connectivity index (χ0n) is 6.97. The molecule has 1 heterocycles. The van der Waals surface area contributed by atoms with Gasteiger partial charge in [-0.1, -0.05) is 5.92 Å². The van der Waals surface area contributed by atoms with Crippen LogP contribution in [0.2, 0.25) is 0 Å². The lowest BCUT2D eigenvalue weighted by atomic mass is 10.4. The van der Waals surface area contributed by atoms with Crippen LogP contribution in [-0.2, 0) is 0 Å². The third-order valence-corrected chi connectivity index (χ3v) is 1.90. The first-order chi connectivity index (χ1) is 5.43. The van der Waals surface area contributed by atoms with Crippen molar-refractivity contribution in [2.24, 2.45) is 5.73 Å². The number of nitrogens with zero attached hydrogens (tertiary/aromatic N) is 1. The molecular formula is C9H16N2. The predicted molar refractivity (Wildman–Crippen MR) is 47.1 cm³/mol. The zero-order chi connectivity index (χ0) is 7.94. The number of likely N-dealkylation sites (tertiary alicyclic amines) is 1. The van der Waals surface area contributed by atoms with Crippen LogP contribution in [0.5, 0.6) is 0 Å². The second-order valence-corrected chi connectivity index (χ2v) is 2.88. The molecule has 1 saturated heterocycles. The van der Waals surface area contributed by atoms with E-state index < -0.39 is 0 Å². The van der Waals surface area contributed by atoms with Gasteiger partial charge in [-0.05, 0) is 25.9 Å². The summed E-state index contributed by atoms with van der Waals surface area (Å²) in [5.74, 6) is 6.17. The van der Waals surface area contributed by atoms with Crippen LogP contribution in [0.25, 0.3) is 0 Å². The van der Waals surface area contributed by atoms with Crippen LogP contribution in [0.3, 0.4) is 0 Å². The van der Waals surface area contributed by atoms with E-state index in [-0.39, 0.29) is 0 Å². The van der Waals surface area contributed by atoms with Gasteiger partial charge in [0, 0.05) is 13.0 Å². The third kappa shape index (κ3) is 3.41. The summed E-state index contributed by atoms with van der Waals surface area (Å²) in [6, 6.07) is 0. The maximum absolute atomic E-state index is 5.31. The summed E-state index contributed by atoms with van der Waals surface area (Å²) in [7, 11) is 0. The highest BCUT2D eigenvalue weighted by Crippen LogP contribution is 2.05. The Kier molecular flexibility index (Phi) is 4.03. The minimum atomic E-state index is 0.688. The molecule has 2 nitrogen and oxygen atoms in total. The van der Waals surface area contributed by atoms with Crippen LogP contribution >= 0.6 is 0 Å². The topological polar surface area (TPSA) is 29.3 Å². The van der Waals surface area contributed by atoms with Crippen LogP contribution in [0.15, 0.2) is 0 Å². The SMILES string of the molecule is NCCC#CCN1CCCC1. The molecule has 0 aliphatic carbocycles. The molecule has 0 amide bonds. The predicted octanol–water partition coefficient (Wildman–Crippen LogP) is 0.434. The molecule has 1 rings (SSSR count). The lowest BCUT2D eigenvalue weighted by Gasteiger charge is -2.08. The summed E-state index contributed by atoms with van der Waals surface area (Å²) in [6.07, 6.45) is 3.53. The largest absolute Gasteiger partial charge is 0.330 e. The molecule has 1 fully saturated rings. The number of hydrogen-bond acceptors (Lipinski definition) is 2. The highest BCUT2D eigenvalue weighted by atomic mass is 15.1. The second-order valence-electron chi connectivity index (χ2n) is 2.88. The van der Waals surface area contributed by atoms with Crippen LogP contribution in [-0.4, -0.2) is 31.1 Å². The molecule has 1 aliphatic rings. The quantitative estimate of drug-likeness (QED) is 0.582. The molecule has 0 aromatic rings. The third-order valence-electron chi connectivity index (χ3n) is 1.90. The highest BCUT2D eigenvalue weighted by molar-refractivity contribution is 5.01. The average Bonchev–Trinajstić information content (AvgIpc) is 2.50. The van der Waals surface area contributed by atoms with Crippen LogP contribution < -0.4 is 5.73 Å². The first kappa shape index (κ1) is 8.58.